The van der Waals surface area contributed by atoms with Crippen LogP contribution in [-0.4, -0.2) is 71.9 Å². The van der Waals surface area contributed by atoms with Gasteiger partial charge in [-0.1, -0.05) is 0 Å². The van der Waals surface area contributed by atoms with Crippen LogP contribution in [0.5, 0.6) is 0 Å². The van der Waals surface area contributed by atoms with Gasteiger partial charge in [0.25, 0.3) is 5.91 Å². The van der Waals surface area contributed by atoms with Gasteiger partial charge in [0, 0.05) is 32.2 Å². The third kappa shape index (κ3) is 5.37. The quantitative estimate of drug-likeness (QED) is 0.516. The van der Waals surface area contributed by atoms with Gasteiger partial charge in [-0.05, 0) is 6.92 Å². The van der Waals surface area contributed by atoms with Crippen LogP contribution in [0.15, 0.2) is 31.0 Å². The molecule has 0 spiro atoms. The highest BCUT2D eigenvalue weighted by atomic mass is 19.4. The van der Waals surface area contributed by atoms with Gasteiger partial charge in [0.1, 0.15) is 6.54 Å². The fourth-order valence-corrected chi connectivity index (χ4v) is 3.61. The lowest BCUT2D eigenvalue weighted by molar-refractivity contribution is -0.298. The fourth-order valence-electron chi connectivity index (χ4n) is 3.61. The van der Waals surface area contributed by atoms with E-state index in [4.69, 9.17) is 4.74 Å². The lowest BCUT2D eigenvalue weighted by Crippen LogP contribution is -2.61. The van der Waals surface area contributed by atoms with Crippen molar-refractivity contribution in [2.24, 2.45) is 7.05 Å². The Kier molecular flexibility index (Phi) is 6.55. The molecule has 0 saturated carbocycles. The molecule has 3 aromatic rings. The van der Waals surface area contributed by atoms with Gasteiger partial charge < -0.3 is 15.0 Å². The van der Waals surface area contributed by atoms with E-state index in [1.807, 2.05) is 0 Å². The van der Waals surface area contributed by atoms with Gasteiger partial charge in [0.05, 0.1) is 35.7 Å². The number of aromatic nitrogens is 6. The molecule has 0 bridgehead atoms. The van der Waals surface area contributed by atoms with Crippen molar-refractivity contribution in [2.75, 3.05) is 18.4 Å². The van der Waals surface area contributed by atoms with Gasteiger partial charge in [0.2, 0.25) is 5.95 Å². The summed E-state index contributed by atoms with van der Waals surface area (Å²) in [6, 6.07) is -1.02. The Morgan fingerprint density at radius 1 is 1.17 bits per heavy atom. The second-order valence-corrected chi connectivity index (χ2v) is 7.92. The number of hydrogen-bond acceptors (Lipinski definition) is 8. The van der Waals surface area contributed by atoms with Crippen molar-refractivity contribution >= 4 is 11.9 Å². The van der Waals surface area contributed by atoms with Gasteiger partial charge in [-0.25, -0.2) is 24.3 Å². The number of halogens is 6. The minimum atomic E-state index is -4.63. The molecule has 0 radical (unpaired) electrons. The Balaban J connectivity index is 1.60. The van der Waals surface area contributed by atoms with E-state index in [-0.39, 0.29) is 29.6 Å². The summed E-state index contributed by atoms with van der Waals surface area (Å²) in [6.45, 7) is -0.0457. The second kappa shape index (κ2) is 9.33. The number of carbonyl (C=O) groups excluding carboxylic acids is 1. The van der Waals surface area contributed by atoms with Crippen LogP contribution in [0.3, 0.4) is 0 Å². The molecule has 0 unspecified atom stereocenters. The molecular formula is C20H18F6N8O2. The lowest BCUT2D eigenvalue weighted by atomic mass is 10.1. The predicted octanol–water partition coefficient (Wildman–Crippen LogP) is 2.76. The summed E-state index contributed by atoms with van der Waals surface area (Å²) in [6.07, 6.45) is -5.24. The molecule has 16 heteroatoms. The highest BCUT2D eigenvalue weighted by Gasteiger charge is 2.48. The maximum Gasteiger partial charge on any atom is 0.419 e. The number of amides is 1. The van der Waals surface area contributed by atoms with Crippen LogP contribution in [0.1, 0.15) is 23.0 Å². The number of morpholine rings is 1. The molecule has 192 valence electrons. The summed E-state index contributed by atoms with van der Waals surface area (Å²) >= 11 is 0. The number of carbonyl (C=O) groups is 1. The Morgan fingerprint density at radius 2 is 1.81 bits per heavy atom. The first kappa shape index (κ1) is 25.3. The Labute approximate surface area is 199 Å². The van der Waals surface area contributed by atoms with Crippen molar-refractivity contribution in [3.8, 4) is 11.4 Å². The van der Waals surface area contributed by atoms with Gasteiger partial charge >= 0.3 is 12.3 Å². The van der Waals surface area contributed by atoms with E-state index in [1.165, 1.54) is 24.9 Å². The monoisotopic (exact) mass is 516 g/mol. The van der Waals surface area contributed by atoms with E-state index < -0.39 is 48.3 Å². The second-order valence-electron chi connectivity index (χ2n) is 7.92. The molecule has 3 aromatic heterocycles. The van der Waals surface area contributed by atoms with Gasteiger partial charge in [-0.2, -0.15) is 27.1 Å². The number of alkyl halides is 5. The van der Waals surface area contributed by atoms with Crippen LogP contribution in [0, 0.1) is 5.82 Å². The molecule has 1 fully saturated rings. The number of anilines is 1. The van der Waals surface area contributed by atoms with Crippen molar-refractivity contribution < 1.29 is 35.9 Å². The Bertz CT molecular complexity index is 1230. The van der Waals surface area contributed by atoms with Crippen molar-refractivity contribution in [1.82, 2.24) is 34.6 Å². The molecule has 1 saturated heterocycles. The smallest absolute Gasteiger partial charge is 0.352 e. The highest BCUT2D eigenvalue weighted by Crippen LogP contribution is 2.32. The number of rotatable bonds is 5. The molecule has 4 rings (SSSR count). The van der Waals surface area contributed by atoms with Gasteiger partial charge in [-0.3, -0.25) is 9.48 Å². The van der Waals surface area contributed by atoms with Crippen LogP contribution in [0.2, 0.25) is 0 Å². The minimum Gasteiger partial charge on any atom is -0.352 e. The third-order valence-electron chi connectivity index (χ3n) is 5.26. The number of hydrogen-bond donors (Lipinski definition) is 1. The van der Waals surface area contributed by atoms with E-state index in [1.54, 1.807) is 0 Å². The first-order chi connectivity index (χ1) is 16.8. The van der Waals surface area contributed by atoms with E-state index >= 15 is 0 Å². The average Bonchev–Trinajstić information content (AvgIpc) is 3.19. The Morgan fingerprint density at radius 3 is 2.42 bits per heavy atom. The molecule has 10 nitrogen and oxygen atoms in total. The van der Waals surface area contributed by atoms with E-state index in [9.17, 15) is 31.1 Å². The molecule has 36 heavy (non-hydrogen) atoms. The van der Waals surface area contributed by atoms with Crippen LogP contribution in [0.4, 0.5) is 32.3 Å². The average molecular weight is 516 g/mol. The molecule has 2 atom stereocenters. The van der Waals surface area contributed by atoms with Crippen LogP contribution in [-0.2, 0) is 18.0 Å². The zero-order valence-corrected chi connectivity index (χ0v) is 18.7. The van der Waals surface area contributed by atoms with Gasteiger partial charge in [0.15, 0.2) is 17.3 Å². The van der Waals surface area contributed by atoms with E-state index in [0.29, 0.717) is 12.4 Å². The van der Waals surface area contributed by atoms with Crippen molar-refractivity contribution in [3.05, 3.63) is 48.1 Å². The van der Waals surface area contributed by atoms with Crippen molar-refractivity contribution in [3.63, 3.8) is 0 Å². The highest BCUT2D eigenvalue weighted by molar-refractivity contribution is 5.98. The SMILES string of the molecule is C[C@@H]1OC(F)(F)CN(C(=O)c2nn(C)cc2-c2ncc(F)cn2)[C@@H]1CNc1ncc(C(F)(F)F)cn1. The minimum absolute atomic E-state index is 0.0475. The van der Waals surface area contributed by atoms with E-state index in [0.717, 1.165) is 17.3 Å². The number of nitrogens with one attached hydrogen (secondary N) is 1. The summed E-state index contributed by atoms with van der Waals surface area (Å²) in [5, 5.41) is 6.70. The molecular weight excluding hydrogens is 498 g/mol. The molecule has 1 aliphatic rings. The topological polar surface area (TPSA) is 111 Å². The summed E-state index contributed by atoms with van der Waals surface area (Å²) < 4.78 is 86.0. The van der Waals surface area contributed by atoms with E-state index in [2.05, 4.69) is 30.4 Å². The number of nitrogens with zero attached hydrogens (tertiary/aromatic N) is 7. The maximum absolute atomic E-state index is 14.3. The van der Waals surface area contributed by atoms with Crippen LogP contribution in [0.25, 0.3) is 11.4 Å². The molecule has 4 heterocycles. The van der Waals surface area contributed by atoms with Crippen molar-refractivity contribution in [2.45, 2.75) is 31.4 Å². The largest absolute Gasteiger partial charge is 0.419 e. The fraction of sp³-hybridized carbons (Fsp3) is 0.400. The number of aryl methyl sites for hydroxylation is 1. The molecule has 0 aromatic carbocycles. The maximum atomic E-state index is 14.3. The third-order valence-corrected chi connectivity index (χ3v) is 5.26. The zero-order chi connectivity index (χ0) is 26.3. The first-order valence-corrected chi connectivity index (χ1v) is 10.4. The Hall–Kier alpha value is -3.82. The standard InChI is InChI=1S/C20H18F6N8O2/c1-10-14(7-31-18-29-3-11(4-30-18)20(24,25)26)34(9-19(22,23)36-10)17(35)15-13(8-33(2)32-15)16-27-5-12(21)6-28-16/h3-6,8,10,14H,7,9H2,1-2H3,(H,29,30,31)/t10-,14+/m0/s1. The van der Waals surface area contributed by atoms with Crippen LogP contribution >= 0.6 is 0 Å². The number of ether oxygens (including phenoxy) is 1. The molecule has 0 aliphatic carbocycles. The van der Waals surface area contributed by atoms with Gasteiger partial charge in [-0.15, -0.1) is 0 Å². The first-order valence-electron chi connectivity index (χ1n) is 10.4. The van der Waals surface area contributed by atoms with Crippen LogP contribution < -0.4 is 5.32 Å². The predicted molar refractivity (Wildman–Crippen MR) is 110 cm³/mol. The molecule has 1 N–H and O–H groups in total. The lowest BCUT2D eigenvalue weighted by Gasteiger charge is -2.42. The summed E-state index contributed by atoms with van der Waals surface area (Å²) in [7, 11) is 1.49. The molecule has 1 aliphatic heterocycles. The zero-order valence-electron chi connectivity index (χ0n) is 18.7. The molecule has 1 amide bonds. The normalized spacial score (nSPS) is 19.8. The van der Waals surface area contributed by atoms with Crippen molar-refractivity contribution in [1.29, 1.82) is 0 Å². The summed E-state index contributed by atoms with van der Waals surface area (Å²) in [5.74, 6) is -1.88. The summed E-state index contributed by atoms with van der Waals surface area (Å²) in [5.41, 5.74) is -1.24. The summed E-state index contributed by atoms with van der Waals surface area (Å²) in [4.78, 5) is 29.1.